The molecule has 1 heterocycles. The lowest BCUT2D eigenvalue weighted by Gasteiger charge is -2.40. The molecule has 0 N–H and O–H groups in total. The van der Waals surface area contributed by atoms with Gasteiger partial charge in [-0.15, -0.1) is 0 Å². The van der Waals surface area contributed by atoms with Crippen molar-refractivity contribution < 1.29 is 14.0 Å². The fourth-order valence-electron chi connectivity index (χ4n) is 1.57. The van der Waals surface area contributed by atoms with E-state index in [2.05, 4.69) is 53.8 Å². The van der Waals surface area contributed by atoms with Gasteiger partial charge in [0, 0.05) is 5.92 Å². The molecule has 0 aromatic rings. The second-order valence-corrected chi connectivity index (χ2v) is 7.59. The van der Waals surface area contributed by atoms with E-state index in [1.165, 1.54) is 0 Å². The Kier molecular flexibility index (Phi) is 10.1. The molecule has 2 atom stereocenters. The van der Waals surface area contributed by atoms with Gasteiger partial charge in [0.2, 0.25) is 7.66 Å². The first-order valence-corrected chi connectivity index (χ1v) is 9.49. The summed E-state index contributed by atoms with van der Waals surface area (Å²) in [6.07, 6.45) is -0.00829. The van der Waals surface area contributed by atoms with E-state index >= 15 is 0 Å². The normalized spacial score (nSPS) is 30.0. The van der Waals surface area contributed by atoms with Crippen LogP contribution in [0.5, 0.6) is 0 Å². The highest BCUT2D eigenvalue weighted by Gasteiger charge is 2.34. The van der Waals surface area contributed by atoms with E-state index in [1.807, 2.05) is 0 Å². The van der Waals surface area contributed by atoms with Crippen LogP contribution < -0.4 is 0 Å². The zero-order valence-electron chi connectivity index (χ0n) is 12.1. The standard InChI is InChI=1S/C12H25O2P.HOPS/c1-7(2)10-13-11(8(3)4)15-12(14-10)9(5)6;1-2-3/h7-12,15H,1-6H3;(H,1,3). The molecular weight excluding hydrogens is 286 g/mol. The van der Waals surface area contributed by atoms with E-state index in [9.17, 15) is 0 Å². The summed E-state index contributed by atoms with van der Waals surface area (Å²) >= 11 is 3.21. The molecule has 6 heteroatoms. The van der Waals surface area contributed by atoms with Crippen LogP contribution in [0, 0.1) is 17.8 Å². The molecule has 18 heavy (non-hydrogen) atoms. The molecule has 3 nitrogen and oxygen atoms in total. The summed E-state index contributed by atoms with van der Waals surface area (Å²) in [7, 11) is 0.640. The van der Waals surface area contributed by atoms with E-state index < -0.39 is 0 Å². The topological polar surface area (TPSA) is 35.5 Å². The van der Waals surface area contributed by atoms with Crippen molar-refractivity contribution in [1.82, 2.24) is 0 Å². The maximum Gasteiger partial charge on any atom is 0.223 e. The first kappa shape index (κ1) is 18.8. The summed E-state index contributed by atoms with van der Waals surface area (Å²) in [5.74, 6) is 2.40. The van der Waals surface area contributed by atoms with Gasteiger partial charge < -0.3 is 9.47 Å². The number of hydrogen-bond acceptors (Lipinski definition) is 3. The summed E-state index contributed by atoms with van der Waals surface area (Å²) in [6.45, 7) is 13.3. The van der Waals surface area contributed by atoms with Gasteiger partial charge in [-0.05, 0) is 11.8 Å². The Hall–Kier alpha value is 0.800. The molecule has 0 bridgehead atoms. The van der Waals surface area contributed by atoms with E-state index in [4.69, 9.17) is 14.0 Å². The fourth-order valence-corrected chi connectivity index (χ4v) is 3.09. The van der Waals surface area contributed by atoms with Crippen LogP contribution in [-0.2, 0) is 14.0 Å². The summed E-state index contributed by atoms with van der Waals surface area (Å²) in [5.41, 5.74) is 0. The van der Waals surface area contributed by atoms with Gasteiger partial charge in [-0.3, -0.25) is 4.57 Å². The number of thiol groups is 1. The quantitative estimate of drug-likeness (QED) is 0.601. The summed E-state index contributed by atoms with van der Waals surface area (Å²) in [5, 5.41) is 0. The average molecular weight is 312 g/mol. The van der Waals surface area contributed by atoms with Crippen molar-refractivity contribution >= 4 is 28.5 Å². The van der Waals surface area contributed by atoms with Gasteiger partial charge in [-0.2, -0.15) is 0 Å². The fraction of sp³-hybridized carbons (Fsp3) is 1.00. The molecule has 0 saturated carbocycles. The molecule has 0 aromatic heterocycles. The lowest BCUT2D eigenvalue weighted by Crippen LogP contribution is -2.39. The predicted octanol–water partition coefficient (Wildman–Crippen LogP) is 4.78. The largest absolute Gasteiger partial charge is 0.345 e. The predicted molar refractivity (Wildman–Crippen MR) is 83.0 cm³/mol. The zero-order chi connectivity index (χ0) is 14.3. The summed E-state index contributed by atoms with van der Waals surface area (Å²) in [4.78, 5) is 0. The Morgan fingerprint density at radius 3 is 1.50 bits per heavy atom. The smallest absolute Gasteiger partial charge is 0.223 e. The highest BCUT2D eigenvalue weighted by atomic mass is 32.7. The van der Waals surface area contributed by atoms with Crippen LogP contribution in [0.4, 0.5) is 0 Å². The second kappa shape index (κ2) is 9.66. The molecular formula is C12H26O3P2S. The minimum absolute atomic E-state index is 0.00829. The number of ether oxygens (including phenoxy) is 2. The molecule has 2 unspecified atom stereocenters. The Labute approximate surface area is 120 Å². The van der Waals surface area contributed by atoms with Gasteiger partial charge in [0.1, 0.15) is 0 Å². The highest BCUT2D eigenvalue weighted by molar-refractivity contribution is 8.33. The van der Waals surface area contributed by atoms with Gasteiger partial charge in [-0.25, -0.2) is 0 Å². The van der Waals surface area contributed by atoms with Gasteiger partial charge in [-0.1, -0.05) is 62.4 Å². The SMILES string of the molecule is CC(C)C1OC(C(C)C)PC(C(C)C)O1.O=PS. The first-order valence-electron chi connectivity index (χ1n) is 6.37. The van der Waals surface area contributed by atoms with Crippen LogP contribution in [0.1, 0.15) is 41.5 Å². The van der Waals surface area contributed by atoms with Crippen LogP contribution in [-0.4, -0.2) is 18.0 Å². The van der Waals surface area contributed by atoms with E-state index in [1.54, 1.807) is 0 Å². The van der Waals surface area contributed by atoms with Crippen molar-refractivity contribution in [2.45, 2.75) is 59.5 Å². The Morgan fingerprint density at radius 1 is 0.944 bits per heavy atom. The summed E-state index contributed by atoms with van der Waals surface area (Å²) in [6, 6.07) is 0. The highest BCUT2D eigenvalue weighted by Crippen LogP contribution is 2.42. The lowest BCUT2D eigenvalue weighted by molar-refractivity contribution is -0.209. The monoisotopic (exact) mass is 312 g/mol. The van der Waals surface area contributed by atoms with Crippen molar-refractivity contribution in [3.05, 3.63) is 0 Å². The molecule has 1 aliphatic heterocycles. The Balaban J connectivity index is 0.000000873. The third-order valence-corrected chi connectivity index (χ3v) is 4.91. The number of hydrogen-bond donors (Lipinski definition) is 1. The van der Waals surface area contributed by atoms with Gasteiger partial charge >= 0.3 is 0 Å². The molecule has 0 amide bonds. The Bertz CT molecular complexity index is 198. The minimum Gasteiger partial charge on any atom is -0.345 e. The van der Waals surface area contributed by atoms with Crippen LogP contribution in [0.25, 0.3) is 0 Å². The summed E-state index contributed by atoms with van der Waals surface area (Å²) < 4.78 is 20.7. The van der Waals surface area contributed by atoms with Gasteiger partial charge in [0.15, 0.2) is 6.29 Å². The van der Waals surface area contributed by atoms with Gasteiger partial charge in [0.25, 0.3) is 0 Å². The molecule has 108 valence electrons. The lowest BCUT2D eigenvalue weighted by atomic mass is 10.2. The zero-order valence-corrected chi connectivity index (χ0v) is 14.9. The minimum atomic E-state index is -0.139. The second-order valence-electron chi connectivity index (χ2n) is 5.46. The maximum atomic E-state index is 8.77. The Morgan fingerprint density at radius 2 is 1.28 bits per heavy atom. The van der Waals surface area contributed by atoms with Crippen LogP contribution in [0.2, 0.25) is 0 Å². The molecule has 0 aliphatic carbocycles. The molecule has 0 radical (unpaired) electrons. The van der Waals surface area contributed by atoms with E-state index in [0.717, 1.165) is 8.58 Å². The molecule has 0 aromatic carbocycles. The molecule has 1 aliphatic rings. The van der Waals surface area contributed by atoms with Crippen molar-refractivity contribution in [2.75, 3.05) is 0 Å². The van der Waals surface area contributed by atoms with Crippen molar-refractivity contribution in [3.63, 3.8) is 0 Å². The van der Waals surface area contributed by atoms with E-state index in [-0.39, 0.29) is 14.0 Å². The molecule has 0 spiro atoms. The maximum absolute atomic E-state index is 8.77. The third-order valence-electron chi connectivity index (χ3n) is 2.65. The van der Waals surface area contributed by atoms with E-state index in [0.29, 0.717) is 29.4 Å². The molecule has 1 rings (SSSR count). The average Bonchev–Trinajstić information content (AvgIpc) is 2.29. The van der Waals surface area contributed by atoms with Crippen LogP contribution in [0.3, 0.4) is 0 Å². The third kappa shape index (κ3) is 6.82. The van der Waals surface area contributed by atoms with Crippen molar-refractivity contribution in [1.29, 1.82) is 0 Å². The van der Waals surface area contributed by atoms with Crippen LogP contribution >= 0.6 is 28.5 Å². The number of rotatable bonds is 3. The first-order chi connectivity index (χ1) is 8.33. The molecule has 1 fully saturated rings. The van der Waals surface area contributed by atoms with Crippen LogP contribution in [0.15, 0.2) is 0 Å². The molecule has 1 saturated heterocycles. The van der Waals surface area contributed by atoms with Gasteiger partial charge in [0.05, 0.1) is 11.7 Å². The van der Waals surface area contributed by atoms with Crippen molar-refractivity contribution in [2.24, 2.45) is 17.8 Å². The van der Waals surface area contributed by atoms with Crippen molar-refractivity contribution in [3.8, 4) is 0 Å².